The number of nitrogens with one attached hydrogen (secondary N) is 1. The third-order valence-electron chi connectivity index (χ3n) is 0.796. The Bertz CT molecular complexity index is 262. The van der Waals surface area contributed by atoms with Crippen LogP contribution in [0.15, 0.2) is 17.5 Å². The average Bonchev–Trinajstić information content (AvgIpc) is 1.89. The molecule has 5 nitrogen and oxygen atoms in total. The van der Waals surface area contributed by atoms with Crippen LogP contribution in [-0.4, -0.2) is 21.6 Å². The zero-order valence-corrected chi connectivity index (χ0v) is 4.65. The van der Waals surface area contributed by atoms with Gasteiger partial charge < -0.3 is 0 Å². The first kappa shape index (κ1) is 5.61. The molecular formula is C4H5N5. The van der Waals surface area contributed by atoms with Gasteiger partial charge in [0, 0.05) is 6.72 Å². The Morgan fingerprint density at radius 2 is 2.56 bits per heavy atom. The van der Waals surface area contributed by atoms with Gasteiger partial charge in [0.05, 0.1) is 12.4 Å². The summed E-state index contributed by atoms with van der Waals surface area (Å²) < 4.78 is 1.22. The summed E-state index contributed by atoms with van der Waals surface area (Å²) in [5.41, 5.74) is -0.0208. The van der Waals surface area contributed by atoms with Gasteiger partial charge in [-0.25, -0.2) is 4.68 Å². The minimum atomic E-state index is -0.0208. The minimum Gasteiger partial charge on any atom is -0.264 e. The zero-order valence-electron chi connectivity index (χ0n) is 4.65. The predicted octanol–water partition coefficient (Wildman–Crippen LogP) is -0.779. The van der Waals surface area contributed by atoms with Crippen LogP contribution >= 0.6 is 0 Å². The van der Waals surface area contributed by atoms with Crippen molar-refractivity contribution >= 4 is 6.72 Å². The third-order valence-corrected chi connectivity index (χ3v) is 0.796. The van der Waals surface area contributed by atoms with E-state index in [9.17, 15) is 0 Å². The van der Waals surface area contributed by atoms with Crippen molar-refractivity contribution in [1.29, 1.82) is 5.41 Å². The van der Waals surface area contributed by atoms with Crippen LogP contribution in [0.1, 0.15) is 0 Å². The van der Waals surface area contributed by atoms with Gasteiger partial charge in [-0.3, -0.25) is 5.41 Å². The van der Waals surface area contributed by atoms with E-state index in [0.717, 1.165) is 0 Å². The SMILES string of the molecule is C=Nn1ccnnc1=N. The second-order valence-electron chi connectivity index (χ2n) is 1.32. The smallest absolute Gasteiger partial charge is 0.262 e. The average molecular weight is 123 g/mol. The Morgan fingerprint density at radius 1 is 1.78 bits per heavy atom. The van der Waals surface area contributed by atoms with Gasteiger partial charge in [0.15, 0.2) is 0 Å². The number of hydrogen-bond acceptors (Lipinski definition) is 4. The molecule has 9 heavy (non-hydrogen) atoms. The van der Waals surface area contributed by atoms with Gasteiger partial charge in [0.2, 0.25) is 0 Å². The van der Waals surface area contributed by atoms with E-state index < -0.39 is 0 Å². The fraction of sp³-hybridized carbons (Fsp3) is 0. The van der Waals surface area contributed by atoms with Crippen LogP contribution in [0.25, 0.3) is 0 Å². The fourth-order valence-electron chi connectivity index (χ4n) is 0.412. The number of nitrogens with zero attached hydrogens (tertiary/aromatic N) is 4. The first-order valence-electron chi connectivity index (χ1n) is 2.26. The van der Waals surface area contributed by atoms with E-state index in [1.165, 1.54) is 17.1 Å². The van der Waals surface area contributed by atoms with Crippen LogP contribution in [0.2, 0.25) is 0 Å². The molecule has 1 aromatic rings. The first-order valence-corrected chi connectivity index (χ1v) is 2.26. The molecule has 0 aliphatic rings. The van der Waals surface area contributed by atoms with Gasteiger partial charge in [-0.1, -0.05) is 0 Å². The molecule has 0 spiro atoms. The molecule has 0 fully saturated rings. The van der Waals surface area contributed by atoms with Gasteiger partial charge in [-0.2, -0.15) is 10.2 Å². The number of hydrogen-bond donors (Lipinski definition) is 1. The van der Waals surface area contributed by atoms with Crippen molar-refractivity contribution in [3.63, 3.8) is 0 Å². The maximum absolute atomic E-state index is 7.03. The summed E-state index contributed by atoms with van der Waals surface area (Å²) in [5, 5.41) is 17.3. The molecule has 46 valence electrons. The Morgan fingerprint density at radius 3 is 3.00 bits per heavy atom. The highest BCUT2D eigenvalue weighted by atomic mass is 15.4. The molecular weight excluding hydrogens is 118 g/mol. The predicted molar refractivity (Wildman–Crippen MR) is 30.8 cm³/mol. The summed E-state index contributed by atoms with van der Waals surface area (Å²) in [6.07, 6.45) is 2.94. The normalized spacial score (nSPS) is 8.89. The number of aromatic nitrogens is 3. The lowest BCUT2D eigenvalue weighted by molar-refractivity contribution is 0.702. The third kappa shape index (κ3) is 0.987. The molecule has 1 aromatic heterocycles. The monoisotopic (exact) mass is 123 g/mol. The van der Waals surface area contributed by atoms with Crippen molar-refractivity contribution in [2.45, 2.75) is 0 Å². The van der Waals surface area contributed by atoms with E-state index in [1.54, 1.807) is 0 Å². The Kier molecular flexibility index (Phi) is 1.35. The van der Waals surface area contributed by atoms with E-state index in [2.05, 4.69) is 22.0 Å². The maximum atomic E-state index is 7.03. The summed E-state index contributed by atoms with van der Waals surface area (Å²) in [7, 11) is 0. The first-order chi connectivity index (χ1) is 4.34. The Balaban J connectivity index is 3.32. The molecule has 0 radical (unpaired) electrons. The van der Waals surface area contributed by atoms with Crippen LogP contribution in [-0.2, 0) is 0 Å². The van der Waals surface area contributed by atoms with Crippen LogP contribution in [0.3, 0.4) is 0 Å². The molecule has 1 N–H and O–H groups in total. The highest BCUT2D eigenvalue weighted by molar-refractivity contribution is 5.22. The molecule has 0 saturated carbocycles. The molecule has 0 aliphatic carbocycles. The second-order valence-corrected chi connectivity index (χ2v) is 1.32. The lowest BCUT2D eigenvalue weighted by Crippen LogP contribution is -2.19. The summed E-state index contributed by atoms with van der Waals surface area (Å²) >= 11 is 0. The maximum Gasteiger partial charge on any atom is 0.262 e. The van der Waals surface area contributed by atoms with E-state index >= 15 is 0 Å². The second kappa shape index (κ2) is 2.17. The standard InChI is InChI=1S/C4H5N5/c1-6-9-3-2-7-8-4(9)5/h2-3,5H,1H2. The van der Waals surface area contributed by atoms with E-state index in [4.69, 9.17) is 5.41 Å². The van der Waals surface area contributed by atoms with Gasteiger partial charge in [0.25, 0.3) is 5.62 Å². The molecule has 1 rings (SSSR count). The van der Waals surface area contributed by atoms with Gasteiger partial charge in [-0.05, 0) is 0 Å². The molecule has 0 aliphatic heterocycles. The summed E-state index contributed by atoms with van der Waals surface area (Å²) in [6, 6.07) is 0. The minimum absolute atomic E-state index is 0.0208. The molecule has 0 unspecified atom stereocenters. The lowest BCUT2D eigenvalue weighted by Gasteiger charge is -1.90. The lowest BCUT2D eigenvalue weighted by atomic mass is 10.9. The highest BCUT2D eigenvalue weighted by Crippen LogP contribution is 1.69. The largest absolute Gasteiger partial charge is 0.264 e. The number of rotatable bonds is 1. The summed E-state index contributed by atoms with van der Waals surface area (Å²) in [6.45, 7) is 3.22. The quantitative estimate of drug-likeness (QED) is 0.498. The topological polar surface area (TPSA) is 66.9 Å². The van der Waals surface area contributed by atoms with Crippen molar-refractivity contribution in [3.05, 3.63) is 18.0 Å². The van der Waals surface area contributed by atoms with Crippen molar-refractivity contribution in [2.24, 2.45) is 5.10 Å². The van der Waals surface area contributed by atoms with Gasteiger partial charge >= 0.3 is 0 Å². The molecule has 0 atom stereocenters. The van der Waals surface area contributed by atoms with E-state index in [0.29, 0.717) is 0 Å². The highest BCUT2D eigenvalue weighted by Gasteiger charge is 1.82. The summed E-state index contributed by atoms with van der Waals surface area (Å²) in [5.74, 6) is 0. The van der Waals surface area contributed by atoms with Crippen molar-refractivity contribution in [2.75, 3.05) is 0 Å². The molecule has 0 saturated heterocycles. The molecule has 0 amide bonds. The van der Waals surface area contributed by atoms with Crippen LogP contribution in [0, 0.1) is 5.41 Å². The van der Waals surface area contributed by atoms with Crippen LogP contribution < -0.4 is 5.62 Å². The molecule has 5 heteroatoms. The molecule has 1 heterocycles. The van der Waals surface area contributed by atoms with E-state index in [-0.39, 0.29) is 5.62 Å². The van der Waals surface area contributed by atoms with Gasteiger partial charge in [-0.15, -0.1) is 5.10 Å². The zero-order chi connectivity index (χ0) is 6.69. The van der Waals surface area contributed by atoms with Gasteiger partial charge in [0.1, 0.15) is 0 Å². The summed E-state index contributed by atoms with van der Waals surface area (Å²) in [4.78, 5) is 0. The van der Waals surface area contributed by atoms with Crippen LogP contribution in [0.5, 0.6) is 0 Å². The Hall–Kier alpha value is -1.52. The van der Waals surface area contributed by atoms with Crippen LogP contribution in [0.4, 0.5) is 0 Å². The van der Waals surface area contributed by atoms with E-state index in [1.807, 2.05) is 0 Å². The van der Waals surface area contributed by atoms with Crippen molar-refractivity contribution in [3.8, 4) is 0 Å². The Labute approximate surface area is 51.2 Å². The molecule has 0 aromatic carbocycles. The fourth-order valence-corrected chi connectivity index (χ4v) is 0.412. The molecule has 0 bridgehead atoms. The van der Waals surface area contributed by atoms with Crippen molar-refractivity contribution < 1.29 is 0 Å². The van der Waals surface area contributed by atoms with Crippen molar-refractivity contribution in [1.82, 2.24) is 14.9 Å².